The Balaban J connectivity index is 2.87. The number of halogens is 2. The summed E-state index contributed by atoms with van der Waals surface area (Å²) in [6.45, 7) is 4.11. The number of hydrogen-bond acceptors (Lipinski definition) is 4. The number of oxime groups is 1. The lowest BCUT2D eigenvalue weighted by Crippen LogP contribution is -2.39. The molecule has 0 aromatic carbocycles. The minimum absolute atomic E-state index is 0.0336. The summed E-state index contributed by atoms with van der Waals surface area (Å²) >= 11 is 13.0. The first-order valence-electron chi connectivity index (χ1n) is 5.59. The van der Waals surface area contributed by atoms with Crippen molar-refractivity contribution in [2.45, 2.75) is 26.3 Å². The first kappa shape index (κ1) is 16.1. The highest BCUT2D eigenvalue weighted by Crippen LogP contribution is 2.32. The van der Waals surface area contributed by atoms with E-state index in [1.807, 2.05) is 13.8 Å². The molecule has 106 valence electrons. The Morgan fingerprint density at radius 3 is 2.63 bits per heavy atom. The zero-order chi connectivity index (χ0) is 14.6. The SMILES string of the molecule is CC(C)N(CC/C(N)=N/O)C(=O)c1cc(Cl)sc1Cl. The van der Waals surface area contributed by atoms with Crippen molar-refractivity contribution in [2.75, 3.05) is 6.54 Å². The van der Waals surface area contributed by atoms with Gasteiger partial charge in [-0.05, 0) is 19.9 Å². The van der Waals surface area contributed by atoms with E-state index >= 15 is 0 Å². The van der Waals surface area contributed by atoms with Gasteiger partial charge in [0.05, 0.1) is 9.90 Å². The Hall–Kier alpha value is -0.980. The van der Waals surface area contributed by atoms with Crippen LogP contribution in [0.15, 0.2) is 11.2 Å². The van der Waals surface area contributed by atoms with Crippen LogP contribution in [-0.2, 0) is 0 Å². The molecule has 0 spiro atoms. The van der Waals surface area contributed by atoms with Gasteiger partial charge >= 0.3 is 0 Å². The Morgan fingerprint density at radius 1 is 1.58 bits per heavy atom. The smallest absolute Gasteiger partial charge is 0.256 e. The predicted octanol–water partition coefficient (Wildman–Crippen LogP) is 3.04. The van der Waals surface area contributed by atoms with E-state index in [-0.39, 0.29) is 24.2 Å². The largest absolute Gasteiger partial charge is 0.409 e. The standard InChI is InChI=1S/C11H15Cl2N3O2S/c1-6(2)16(4-3-9(14)15-18)11(17)7-5-8(12)19-10(7)13/h5-6,18H,3-4H2,1-2H3,(H2,14,15). The van der Waals surface area contributed by atoms with Crippen molar-refractivity contribution in [1.29, 1.82) is 0 Å². The zero-order valence-corrected chi connectivity index (χ0v) is 12.9. The molecule has 1 amide bonds. The zero-order valence-electron chi connectivity index (χ0n) is 10.6. The number of hydrogen-bond donors (Lipinski definition) is 2. The summed E-state index contributed by atoms with van der Waals surface area (Å²) in [7, 11) is 0. The Kier molecular flexibility index (Phi) is 5.90. The molecule has 0 radical (unpaired) electrons. The average molecular weight is 324 g/mol. The molecule has 0 bridgehead atoms. The summed E-state index contributed by atoms with van der Waals surface area (Å²) in [6.07, 6.45) is 0.288. The van der Waals surface area contributed by atoms with Gasteiger partial charge in [-0.2, -0.15) is 0 Å². The van der Waals surface area contributed by atoms with Crippen molar-refractivity contribution >= 4 is 46.3 Å². The summed E-state index contributed by atoms with van der Waals surface area (Å²) in [5.41, 5.74) is 5.79. The molecule has 0 aliphatic rings. The Labute approximate surface area is 125 Å². The number of amidine groups is 1. The molecule has 5 nitrogen and oxygen atoms in total. The minimum Gasteiger partial charge on any atom is -0.409 e. The van der Waals surface area contributed by atoms with E-state index in [4.69, 9.17) is 34.1 Å². The van der Waals surface area contributed by atoms with Gasteiger partial charge in [0.15, 0.2) is 0 Å². The van der Waals surface area contributed by atoms with E-state index < -0.39 is 0 Å². The molecule has 8 heteroatoms. The van der Waals surface area contributed by atoms with Crippen molar-refractivity contribution < 1.29 is 10.0 Å². The molecule has 0 aliphatic heterocycles. The number of rotatable bonds is 5. The van der Waals surface area contributed by atoms with Crippen LogP contribution in [0.4, 0.5) is 0 Å². The third kappa shape index (κ3) is 4.26. The van der Waals surface area contributed by atoms with Crippen LogP contribution < -0.4 is 5.73 Å². The lowest BCUT2D eigenvalue weighted by Gasteiger charge is -2.26. The van der Waals surface area contributed by atoms with Crippen LogP contribution in [-0.4, -0.2) is 34.4 Å². The Bertz CT molecular complexity index is 488. The lowest BCUT2D eigenvalue weighted by atomic mass is 10.2. The van der Waals surface area contributed by atoms with Crippen LogP contribution in [0.3, 0.4) is 0 Å². The molecule has 1 heterocycles. The molecule has 1 rings (SSSR count). The maximum atomic E-state index is 12.4. The number of thiophene rings is 1. The number of nitrogens with zero attached hydrogens (tertiary/aromatic N) is 2. The van der Waals surface area contributed by atoms with Gasteiger partial charge in [-0.25, -0.2) is 0 Å². The van der Waals surface area contributed by atoms with Crippen LogP contribution in [0.25, 0.3) is 0 Å². The van der Waals surface area contributed by atoms with Crippen molar-refractivity contribution in [3.63, 3.8) is 0 Å². The Morgan fingerprint density at radius 2 is 2.21 bits per heavy atom. The van der Waals surface area contributed by atoms with Crippen LogP contribution in [0, 0.1) is 0 Å². The normalized spacial score (nSPS) is 11.9. The van der Waals surface area contributed by atoms with Gasteiger partial charge in [0.2, 0.25) is 0 Å². The van der Waals surface area contributed by atoms with Gasteiger partial charge < -0.3 is 15.8 Å². The summed E-state index contributed by atoms with van der Waals surface area (Å²) in [6, 6.07) is 1.52. The minimum atomic E-state index is -0.214. The number of carbonyl (C=O) groups is 1. The third-order valence-electron chi connectivity index (χ3n) is 2.51. The number of carbonyl (C=O) groups excluding carboxylic acids is 1. The monoisotopic (exact) mass is 323 g/mol. The summed E-state index contributed by atoms with van der Waals surface area (Å²) in [5, 5.41) is 11.4. The number of nitrogens with two attached hydrogens (primary N) is 1. The molecule has 0 atom stereocenters. The van der Waals surface area contributed by atoms with Crippen molar-refractivity contribution in [3.05, 3.63) is 20.3 Å². The molecule has 0 aliphatic carbocycles. The predicted molar refractivity (Wildman–Crippen MR) is 78.5 cm³/mol. The van der Waals surface area contributed by atoms with E-state index in [9.17, 15) is 4.79 Å². The topological polar surface area (TPSA) is 78.9 Å². The quantitative estimate of drug-likeness (QED) is 0.378. The second kappa shape index (κ2) is 6.98. The maximum absolute atomic E-state index is 12.4. The summed E-state index contributed by atoms with van der Waals surface area (Å²) in [4.78, 5) is 14.0. The molecule has 3 N–H and O–H groups in total. The highest BCUT2D eigenvalue weighted by Gasteiger charge is 2.23. The molecule has 1 aromatic rings. The summed E-state index contributed by atoms with van der Waals surface area (Å²) in [5.74, 6) is -0.137. The first-order chi connectivity index (χ1) is 8.86. The molecule has 0 saturated carbocycles. The second-order valence-electron chi connectivity index (χ2n) is 4.17. The third-order valence-corrected chi connectivity index (χ3v) is 4.00. The lowest BCUT2D eigenvalue weighted by molar-refractivity contribution is 0.0711. The van der Waals surface area contributed by atoms with Crippen LogP contribution in [0.5, 0.6) is 0 Å². The molecule has 0 saturated heterocycles. The first-order valence-corrected chi connectivity index (χ1v) is 7.16. The molecular weight excluding hydrogens is 309 g/mol. The van der Waals surface area contributed by atoms with Gasteiger partial charge in [-0.1, -0.05) is 28.4 Å². The van der Waals surface area contributed by atoms with E-state index in [0.717, 1.165) is 11.3 Å². The van der Waals surface area contributed by atoms with Gasteiger partial charge in [0.1, 0.15) is 10.2 Å². The van der Waals surface area contributed by atoms with Crippen LogP contribution in [0.1, 0.15) is 30.6 Å². The van der Waals surface area contributed by atoms with Gasteiger partial charge in [0.25, 0.3) is 5.91 Å². The second-order valence-corrected chi connectivity index (χ2v) is 6.46. The van der Waals surface area contributed by atoms with Gasteiger partial charge in [-0.15, -0.1) is 11.3 Å². The van der Waals surface area contributed by atoms with Crippen LogP contribution >= 0.6 is 34.5 Å². The molecule has 0 unspecified atom stereocenters. The average Bonchev–Trinajstić information content (AvgIpc) is 2.67. The molecule has 1 aromatic heterocycles. The molecular formula is C11H15Cl2N3O2S. The van der Waals surface area contributed by atoms with E-state index in [1.54, 1.807) is 11.0 Å². The highest BCUT2D eigenvalue weighted by molar-refractivity contribution is 7.20. The fourth-order valence-corrected chi connectivity index (χ4v) is 2.97. The fourth-order valence-electron chi connectivity index (χ4n) is 1.52. The summed E-state index contributed by atoms with van der Waals surface area (Å²) < 4.78 is 0.831. The molecule has 19 heavy (non-hydrogen) atoms. The highest BCUT2D eigenvalue weighted by atomic mass is 35.5. The fraction of sp³-hybridized carbons (Fsp3) is 0.455. The van der Waals surface area contributed by atoms with E-state index in [2.05, 4.69) is 5.16 Å². The molecule has 0 fully saturated rings. The van der Waals surface area contributed by atoms with Crippen molar-refractivity contribution in [1.82, 2.24) is 4.90 Å². The number of amides is 1. The van der Waals surface area contributed by atoms with Crippen molar-refractivity contribution in [3.8, 4) is 0 Å². The van der Waals surface area contributed by atoms with E-state index in [1.165, 1.54) is 0 Å². The van der Waals surface area contributed by atoms with Crippen molar-refractivity contribution in [2.24, 2.45) is 10.9 Å². The van der Waals surface area contributed by atoms with E-state index in [0.29, 0.717) is 20.8 Å². The van der Waals surface area contributed by atoms with Crippen LogP contribution in [0.2, 0.25) is 8.67 Å². The maximum Gasteiger partial charge on any atom is 0.256 e. The van der Waals surface area contributed by atoms with Gasteiger partial charge in [-0.3, -0.25) is 4.79 Å². The van der Waals surface area contributed by atoms with Gasteiger partial charge in [0, 0.05) is 19.0 Å².